The Morgan fingerprint density at radius 2 is 1.96 bits per heavy atom. The van der Waals surface area contributed by atoms with Gasteiger partial charge in [-0.3, -0.25) is 0 Å². The number of halogens is 1. The van der Waals surface area contributed by atoms with Gasteiger partial charge in [0.1, 0.15) is 11.3 Å². The molecular weight excluding hydrogens is 343 g/mol. The molecule has 2 fully saturated rings. The summed E-state index contributed by atoms with van der Waals surface area (Å²) in [5.41, 5.74) is 0.860. The lowest BCUT2D eigenvalue weighted by molar-refractivity contribution is 0.378. The van der Waals surface area contributed by atoms with E-state index in [1.54, 1.807) is 18.3 Å². The monoisotopic (exact) mass is 364 g/mol. The van der Waals surface area contributed by atoms with E-state index in [9.17, 15) is 12.8 Å². The van der Waals surface area contributed by atoms with Crippen molar-refractivity contribution in [2.75, 3.05) is 29.5 Å². The van der Waals surface area contributed by atoms with Gasteiger partial charge >= 0.3 is 0 Å². The van der Waals surface area contributed by atoms with Crippen LogP contribution in [0.3, 0.4) is 0 Å². The average molecular weight is 364 g/mol. The molecule has 3 heterocycles. The minimum Gasteiger partial charge on any atom is -0.355 e. The Balaban J connectivity index is 1.39. The van der Waals surface area contributed by atoms with Crippen LogP contribution in [0.1, 0.15) is 19.3 Å². The first kappa shape index (κ1) is 16.7. The summed E-state index contributed by atoms with van der Waals surface area (Å²) < 4.78 is 36.8. The molecule has 2 aliphatic heterocycles. The Morgan fingerprint density at radius 3 is 2.68 bits per heavy atom. The summed E-state index contributed by atoms with van der Waals surface area (Å²) in [5.74, 6) is 0.966. The predicted molar refractivity (Wildman–Crippen MR) is 94.9 cm³/mol. The van der Waals surface area contributed by atoms with Crippen LogP contribution in [0.5, 0.6) is 0 Å². The molecule has 6 nitrogen and oxygen atoms in total. The molecule has 25 heavy (non-hydrogen) atoms. The Hall–Kier alpha value is -1.80. The zero-order valence-electron chi connectivity index (χ0n) is 13.9. The number of rotatable bonds is 3. The molecule has 134 valence electrons. The van der Waals surface area contributed by atoms with E-state index in [4.69, 9.17) is 0 Å². The molecule has 1 atom stereocenters. The molecule has 8 heteroatoms. The molecule has 0 radical (unpaired) electrons. The first-order chi connectivity index (χ1) is 12.0. The van der Waals surface area contributed by atoms with Crippen LogP contribution in [0.4, 0.5) is 10.2 Å². The second-order valence-corrected chi connectivity index (χ2v) is 9.09. The van der Waals surface area contributed by atoms with Crippen molar-refractivity contribution in [2.24, 2.45) is 0 Å². The molecule has 2 aliphatic rings. The summed E-state index contributed by atoms with van der Waals surface area (Å²) >= 11 is 0. The van der Waals surface area contributed by atoms with Crippen LogP contribution in [0.25, 0.3) is 11.0 Å². The number of benzene rings is 1. The van der Waals surface area contributed by atoms with E-state index >= 15 is 0 Å². The first-order valence-corrected chi connectivity index (χ1v) is 10.4. The second kappa shape index (κ2) is 6.49. The summed E-state index contributed by atoms with van der Waals surface area (Å²) in [6.07, 6.45) is 4.20. The van der Waals surface area contributed by atoms with E-state index in [-0.39, 0.29) is 17.6 Å². The number of para-hydroxylation sites is 1. The molecule has 0 spiro atoms. The molecule has 0 aliphatic carbocycles. The van der Waals surface area contributed by atoms with Gasteiger partial charge in [0.15, 0.2) is 15.7 Å². The van der Waals surface area contributed by atoms with Gasteiger partial charge in [-0.2, -0.15) is 0 Å². The lowest BCUT2D eigenvalue weighted by Gasteiger charge is -2.34. The van der Waals surface area contributed by atoms with Gasteiger partial charge in [-0.05, 0) is 31.4 Å². The van der Waals surface area contributed by atoms with Gasteiger partial charge in [0.05, 0.1) is 23.2 Å². The summed E-state index contributed by atoms with van der Waals surface area (Å²) in [6, 6.07) is 5.22. The van der Waals surface area contributed by atoms with Crippen molar-refractivity contribution in [2.45, 2.75) is 31.3 Å². The number of sulfone groups is 1. The molecule has 1 aromatic heterocycles. The third-order valence-corrected chi connectivity index (χ3v) is 6.80. The molecule has 1 N–H and O–H groups in total. The number of hydrogen-bond acceptors (Lipinski definition) is 6. The number of piperidine rings is 1. The average Bonchev–Trinajstić information content (AvgIpc) is 2.94. The zero-order valence-corrected chi connectivity index (χ0v) is 14.7. The first-order valence-electron chi connectivity index (χ1n) is 8.63. The zero-order chi connectivity index (χ0) is 17.4. The Labute approximate surface area is 146 Å². The van der Waals surface area contributed by atoms with Crippen LogP contribution in [0, 0.1) is 5.82 Å². The van der Waals surface area contributed by atoms with Gasteiger partial charge in [-0.1, -0.05) is 6.07 Å². The highest BCUT2D eigenvalue weighted by molar-refractivity contribution is 7.91. The minimum atomic E-state index is -2.85. The van der Waals surface area contributed by atoms with Gasteiger partial charge < -0.3 is 10.2 Å². The highest BCUT2D eigenvalue weighted by Gasteiger charge is 2.30. The van der Waals surface area contributed by atoms with Crippen molar-refractivity contribution in [1.29, 1.82) is 0 Å². The Morgan fingerprint density at radius 1 is 1.16 bits per heavy atom. The van der Waals surface area contributed by atoms with Gasteiger partial charge in [0.25, 0.3) is 0 Å². The molecule has 1 unspecified atom stereocenters. The van der Waals surface area contributed by atoms with Gasteiger partial charge in [-0.25, -0.2) is 22.8 Å². The third-order valence-electron chi connectivity index (χ3n) is 5.03. The van der Waals surface area contributed by atoms with Crippen molar-refractivity contribution < 1.29 is 12.8 Å². The van der Waals surface area contributed by atoms with Crippen molar-refractivity contribution >= 4 is 26.7 Å². The molecule has 2 aromatic rings. The quantitative estimate of drug-likeness (QED) is 0.890. The molecule has 0 amide bonds. The van der Waals surface area contributed by atoms with Crippen molar-refractivity contribution in [1.82, 2.24) is 15.3 Å². The van der Waals surface area contributed by atoms with Crippen LogP contribution in [-0.2, 0) is 9.84 Å². The van der Waals surface area contributed by atoms with Gasteiger partial charge in [0, 0.05) is 25.2 Å². The van der Waals surface area contributed by atoms with Crippen LogP contribution < -0.4 is 10.2 Å². The number of fused-ring (bicyclic) bond motifs is 1. The van der Waals surface area contributed by atoms with E-state index in [0.29, 0.717) is 29.2 Å². The summed E-state index contributed by atoms with van der Waals surface area (Å²) in [7, 11) is -2.85. The molecular formula is C17H21FN4O2S. The maximum absolute atomic E-state index is 13.7. The molecule has 2 saturated heterocycles. The third kappa shape index (κ3) is 3.59. The maximum atomic E-state index is 13.7. The summed E-state index contributed by atoms with van der Waals surface area (Å²) in [4.78, 5) is 10.9. The van der Waals surface area contributed by atoms with E-state index in [0.717, 1.165) is 31.7 Å². The fourth-order valence-corrected chi connectivity index (χ4v) is 5.37. The number of hydrogen-bond donors (Lipinski definition) is 1. The highest BCUT2D eigenvalue weighted by atomic mass is 32.2. The summed E-state index contributed by atoms with van der Waals surface area (Å²) in [5, 5.41) is 3.49. The Bertz CT molecular complexity index is 881. The topological polar surface area (TPSA) is 75.2 Å². The predicted octanol–water partition coefficient (Wildman–Crippen LogP) is 1.51. The molecule has 1 aromatic carbocycles. The normalized spacial score (nSPS) is 24.0. The molecule has 0 saturated carbocycles. The lowest BCUT2D eigenvalue weighted by Crippen LogP contribution is -2.46. The van der Waals surface area contributed by atoms with Crippen LogP contribution in [0.2, 0.25) is 0 Å². The van der Waals surface area contributed by atoms with E-state index < -0.39 is 9.84 Å². The van der Waals surface area contributed by atoms with Gasteiger partial charge in [0.2, 0.25) is 0 Å². The maximum Gasteiger partial charge on any atom is 0.151 e. The van der Waals surface area contributed by atoms with E-state index in [2.05, 4.69) is 20.2 Å². The van der Waals surface area contributed by atoms with Crippen molar-refractivity contribution in [3.63, 3.8) is 0 Å². The minimum absolute atomic E-state index is 0.0879. The molecule has 0 bridgehead atoms. The number of anilines is 1. The highest BCUT2D eigenvalue weighted by Crippen LogP contribution is 2.22. The van der Waals surface area contributed by atoms with Crippen LogP contribution in [-0.4, -0.2) is 55.1 Å². The fraction of sp³-hybridized carbons (Fsp3) is 0.529. The lowest BCUT2D eigenvalue weighted by atomic mass is 10.0. The molecule has 4 rings (SSSR count). The van der Waals surface area contributed by atoms with Crippen LogP contribution in [0.15, 0.2) is 24.4 Å². The van der Waals surface area contributed by atoms with Crippen molar-refractivity contribution in [3.8, 4) is 0 Å². The Kier molecular flexibility index (Phi) is 4.33. The van der Waals surface area contributed by atoms with Crippen molar-refractivity contribution in [3.05, 3.63) is 30.2 Å². The second-order valence-electron chi connectivity index (χ2n) is 6.86. The van der Waals surface area contributed by atoms with E-state index in [1.807, 2.05) is 0 Å². The largest absolute Gasteiger partial charge is 0.355 e. The van der Waals surface area contributed by atoms with E-state index in [1.165, 1.54) is 6.07 Å². The van der Waals surface area contributed by atoms with Gasteiger partial charge in [-0.15, -0.1) is 0 Å². The smallest absolute Gasteiger partial charge is 0.151 e. The SMILES string of the molecule is O=S1(=O)CCC(NC2CCN(c3cnc4c(F)cccc4n3)CC2)C1. The van der Waals surface area contributed by atoms with Crippen LogP contribution >= 0.6 is 0 Å². The standard InChI is InChI=1S/C17H21FN4O2S/c18-14-2-1-3-15-17(14)19-10-16(21-15)22-7-4-12(5-8-22)20-13-6-9-25(23,24)11-13/h1-3,10,12-13,20H,4-9,11H2. The number of nitrogens with zero attached hydrogens (tertiary/aromatic N) is 3. The number of nitrogens with one attached hydrogen (secondary N) is 1. The fourth-order valence-electron chi connectivity index (χ4n) is 3.68. The number of aromatic nitrogens is 2. The summed E-state index contributed by atoms with van der Waals surface area (Å²) in [6.45, 7) is 1.65.